The SMILES string of the molecule is C=C(CNC(C)(C)C)CSc1n[nH]c(=O)n1C1CC1. The Hall–Kier alpha value is -1.01. The molecule has 2 N–H and O–H groups in total. The fourth-order valence-corrected chi connectivity index (χ4v) is 2.57. The highest BCUT2D eigenvalue weighted by Crippen LogP contribution is 2.36. The number of rotatable bonds is 6. The molecular weight excluding hydrogens is 260 g/mol. The summed E-state index contributed by atoms with van der Waals surface area (Å²) in [6.07, 6.45) is 2.17. The van der Waals surface area contributed by atoms with Crippen molar-refractivity contribution in [1.82, 2.24) is 20.1 Å². The Kier molecular flexibility index (Phi) is 4.20. The molecule has 0 radical (unpaired) electrons. The molecule has 19 heavy (non-hydrogen) atoms. The van der Waals surface area contributed by atoms with Crippen molar-refractivity contribution in [2.24, 2.45) is 0 Å². The Morgan fingerprint density at radius 2 is 2.26 bits per heavy atom. The molecule has 6 heteroatoms. The summed E-state index contributed by atoms with van der Waals surface area (Å²) in [5.74, 6) is 0.778. The maximum absolute atomic E-state index is 11.6. The molecule has 1 fully saturated rings. The summed E-state index contributed by atoms with van der Waals surface area (Å²) < 4.78 is 1.77. The topological polar surface area (TPSA) is 62.7 Å². The van der Waals surface area contributed by atoms with Crippen LogP contribution < -0.4 is 11.0 Å². The minimum Gasteiger partial charge on any atom is -0.308 e. The van der Waals surface area contributed by atoms with E-state index in [2.05, 4.69) is 42.9 Å². The molecular formula is C13H22N4OS. The number of H-pyrrole nitrogens is 1. The standard InChI is InChI=1S/C13H22N4OS/c1-9(7-14-13(2,3)4)8-19-12-16-15-11(18)17(12)10-5-6-10/h10,14H,1,5-8H2,2-4H3,(H,15,18). The van der Waals surface area contributed by atoms with E-state index in [1.807, 2.05) is 0 Å². The Morgan fingerprint density at radius 3 is 2.84 bits per heavy atom. The number of hydrogen-bond donors (Lipinski definition) is 2. The van der Waals surface area contributed by atoms with Crippen molar-refractivity contribution >= 4 is 11.8 Å². The molecule has 0 aliphatic heterocycles. The van der Waals surface area contributed by atoms with Crippen molar-refractivity contribution in [2.75, 3.05) is 12.3 Å². The number of hydrogen-bond acceptors (Lipinski definition) is 4. The molecule has 5 nitrogen and oxygen atoms in total. The molecule has 1 aromatic heterocycles. The molecule has 0 saturated heterocycles. The Morgan fingerprint density at radius 1 is 1.58 bits per heavy atom. The fraction of sp³-hybridized carbons (Fsp3) is 0.692. The largest absolute Gasteiger partial charge is 0.344 e. The van der Waals surface area contributed by atoms with Gasteiger partial charge in [0.05, 0.1) is 0 Å². The minimum absolute atomic E-state index is 0.0933. The van der Waals surface area contributed by atoms with Gasteiger partial charge in [0, 0.05) is 23.9 Å². The third-order valence-corrected chi connectivity index (χ3v) is 3.96. The number of nitrogens with zero attached hydrogens (tertiary/aromatic N) is 2. The van der Waals surface area contributed by atoms with E-state index in [9.17, 15) is 4.79 Å². The maximum Gasteiger partial charge on any atom is 0.344 e. The van der Waals surface area contributed by atoms with Gasteiger partial charge in [-0.3, -0.25) is 4.57 Å². The smallest absolute Gasteiger partial charge is 0.308 e. The highest BCUT2D eigenvalue weighted by atomic mass is 32.2. The van der Waals surface area contributed by atoms with Gasteiger partial charge in [-0.25, -0.2) is 9.89 Å². The molecule has 1 aliphatic carbocycles. The van der Waals surface area contributed by atoms with Crippen molar-refractivity contribution in [3.63, 3.8) is 0 Å². The molecule has 1 heterocycles. The van der Waals surface area contributed by atoms with E-state index in [1.165, 1.54) is 0 Å². The molecule has 0 unspecified atom stereocenters. The second-order valence-corrected chi connectivity index (χ2v) is 7.00. The van der Waals surface area contributed by atoms with Crippen molar-refractivity contribution in [1.29, 1.82) is 0 Å². The first-order chi connectivity index (χ1) is 8.87. The normalized spacial score (nSPS) is 15.7. The highest BCUT2D eigenvalue weighted by molar-refractivity contribution is 7.99. The monoisotopic (exact) mass is 282 g/mol. The van der Waals surface area contributed by atoms with Crippen molar-refractivity contribution in [2.45, 2.75) is 50.4 Å². The van der Waals surface area contributed by atoms with Gasteiger partial charge in [-0.2, -0.15) is 0 Å². The van der Waals surface area contributed by atoms with Crippen LogP contribution in [-0.2, 0) is 0 Å². The highest BCUT2D eigenvalue weighted by Gasteiger charge is 2.28. The van der Waals surface area contributed by atoms with Gasteiger partial charge >= 0.3 is 5.69 Å². The molecule has 0 atom stereocenters. The second kappa shape index (κ2) is 5.54. The van der Waals surface area contributed by atoms with Crippen molar-refractivity contribution < 1.29 is 0 Å². The Bertz CT molecular complexity index is 507. The van der Waals surface area contributed by atoms with Gasteiger partial charge in [-0.05, 0) is 33.6 Å². The van der Waals surface area contributed by atoms with Gasteiger partial charge in [0.1, 0.15) is 0 Å². The second-order valence-electron chi connectivity index (χ2n) is 6.05. The molecule has 1 aromatic rings. The van der Waals surface area contributed by atoms with E-state index in [1.54, 1.807) is 16.3 Å². The molecule has 2 rings (SSSR count). The van der Waals surface area contributed by atoms with Crippen molar-refractivity contribution in [3.05, 3.63) is 22.6 Å². The van der Waals surface area contributed by atoms with Crippen LogP contribution in [0.3, 0.4) is 0 Å². The number of aromatic amines is 1. The number of thioether (sulfide) groups is 1. The summed E-state index contributed by atoms with van der Waals surface area (Å²) in [4.78, 5) is 11.6. The summed E-state index contributed by atoms with van der Waals surface area (Å²) in [5, 5.41) is 10.8. The molecule has 0 aromatic carbocycles. The van der Waals surface area contributed by atoms with Crippen LogP contribution in [0.4, 0.5) is 0 Å². The average molecular weight is 282 g/mol. The zero-order chi connectivity index (χ0) is 14.0. The Balaban J connectivity index is 1.85. The lowest BCUT2D eigenvalue weighted by Gasteiger charge is -2.21. The van der Waals surface area contributed by atoms with Gasteiger partial charge in [0.15, 0.2) is 5.16 Å². The summed E-state index contributed by atoms with van der Waals surface area (Å²) in [7, 11) is 0. The molecule has 0 amide bonds. The molecule has 1 aliphatic rings. The van der Waals surface area contributed by atoms with Gasteiger partial charge < -0.3 is 5.32 Å². The molecule has 1 saturated carbocycles. The van der Waals surface area contributed by atoms with Crippen LogP contribution in [0.5, 0.6) is 0 Å². The average Bonchev–Trinajstić information content (AvgIpc) is 3.08. The van der Waals surface area contributed by atoms with Crippen LogP contribution >= 0.6 is 11.8 Å². The Labute approximate surface area is 117 Å². The third kappa shape index (κ3) is 4.24. The van der Waals surface area contributed by atoms with E-state index in [-0.39, 0.29) is 11.2 Å². The first-order valence-electron chi connectivity index (χ1n) is 6.58. The fourth-order valence-electron chi connectivity index (χ4n) is 1.65. The van der Waals surface area contributed by atoms with Crippen LogP contribution in [0.2, 0.25) is 0 Å². The van der Waals surface area contributed by atoms with Crippen LogP contribution in [-0.4, -0.2) is 32.6 Å². The summed E-state index contributed by atoms with van der Waals surface area (Å²) >= 11 is 1.58. The quantitative estimate of drug-likeness (QED) is 0.618. The van der Waals surface area contributed by atoms with E-state index in [0.29, 0.717) is 6.04 Å². The molecule has 0 spiro atoms. The first kappa shape index (κ1) is 14.4. The van der Waals surface area contributed by atoms with Crippen LogP contribution in [0.25, 0.3) is 0 Å². The van der Waals surface area contributed by atoms with E-state index in [0.717, 1.165) is 35.9 Å². The molecule has 0 bridgehead atoms. The zero-order valence-electron chi connectivity index (χ0n) is 11.8. The van der Waals surface area contributed by atoms with Crippen molar-refractivity contribution in [3.8, 4) is 0 Å². The third-order valence-electron chi connectivity index (χ3n) is 2.86. The first-order valence-corrected chi connectivity index (χ1v) is 7.57. The van der Waals surface area contributed by atoms with Crippen LogP contribution in [0, 0.1) is 0 Å². The van der Waals surface area contributed by atoms with Crippen LogP contribution in [0.1, 0.15) is 39.7 Å². The maximum atomic E-state index is 11.6. The lowest BCUT2D eigenvalue weighted by Crippen LogP contribution is -2.37. The molecule has 106 valence electrons. The van der Waals surface area contributed by atoms with E-state index >= 15 is 0 Å². The van der Waals surface area contributed by atoms with E-state index < -0.39 is 0 Å². The van der Waals surface area contributed by atoms with Crippen LogP contribution in [0.15, 0.2) is 22.1 Å². The summed E-state index contributed by atoms with van der Waals surface area (Å²) in [6.45, 7) is 11.2. The van der Waals surface area contributed by atoms with Gasteiger partial charge in [-0.1, -0.05) is 23.9 Å². The minimum atomic E-state index is -0.0940. The predicted octanol–water partition coefficient (Wildman–Crippen LogP) is 1.94. The van der Waals surface area contributed by atoms with Gasteiger partial charge in [0.25, 0.3) is 0 Å². The predicted molar refractivity (Wildman–Crippen MR) is 78.7 cm³/mol. The number of nitrogens with one attached hydrogen (secondary N) is 2. The summed E-state index contributed by atoms with van der Waals surface area (Å²) in [6, 6.07) is 0.356. The van der Waals surface area contributed by atoms with E-state index in [4.69, 9.17) is 0 Å². The zero-order valence-corrected chi connectivity index (χ0v) is 12.6. The lowest BCUT2D eigenvalue weighted by molar-refractivity contribution is 0.445. The summed E-state index contributed by atoms with van der Waals surface area (Å²) in [5.41, 5.74) is 1.11. The van der Waals surface area contributed by atoms with Gasteiger partial charge in [-0.15, -0.1) is 5.10 Å². The van der Waals surface area contributed by atoms with Gasteiger partial charge in [0.2, 0.25) is 0 Å². The lowest BCUT2D eigenvalue weighted by atomic mass is 10.1. The number of aromatic nitrogens is 3.